The van der Waals surface area contributed by atoms with Gasteiger partial charge in [-0.1, -0.05) is 23.7 Å². The third kappa shape index (κ3) is 4.05. The summed E-state index contributed by atoms with van der Waals surface area (Å²) in [6.45, 7) is -0.516. The Bertz CT molecular complexity index is 994. The summed E-state index contributed by atoms with van der Waals surface area (Å²) in [7, 11) is 0. The van der Waals surface area contributed by atoms with Crippen molar-refractivity contribution in [2.24, 2.45) is 0 Å². The molecule has 3 aromatic rings. The Labute approximate surface area is 147 Å². The topological polar surface area (TPSA) is 85.6 Å². The molecule has 3 rings (SSSR count). The lowest BCUT2D eigenvalue weighted by Gasteiger charge is -2.06. The van der Waals surface area contributed by atoms with Crippen molar-refractivity contribution in [3.05, 3.63) is 75.6 Å². The number of ether oxygens (including phenoxy) is 1. The number of nitrogens with one attached hydrogen (secondary N) is 1. The van der Waals surface area contributed by atoms with E-state index in [9.17, 15) is 14.4 Å². The average molecular weight is 358 g/mol. The second-order valence-corrected chi connectivity index (χ2v) is 5.54. The van der Waals surface area contributed by atoms with Crippen molar-refractivity contribution >= 4 is 40.1 Å². The number of hydrogen-bond acceptors (Lipinski definition) is 5. The summed E-state index contributed by atoms with van der Waals surface area (Å²) < 4.78 is 10.2. The first-order valence-corrected chi connectivity index (χ1v) is 7.66. The monoisotopic (exact) mass is 357 g/mol. The van der Waals surface area contributed by atoms with E-state index in [0.29, 0.717) is 16.1 Å². The van der Waals surface area contributed by atoms with Gasteiger partial charge in [0.25, 0.3) is 5.91 Å². The zero-order valence-corrected chi connectivity index (χ0v) is 13.6. The maximum Gasteiger partial charge on any atom is 0.374 e. The minimum atomic E-state index is -0.894. The van der Waals surface area contributed by atoms with E-state index in [1.165, 1.54) is 0 Å². The second-order valence-electron chi connectivity index (χ2n) is 5.10. The fraction of sp³-hybridized carbons (Fsp3) is 0.0556. The maximum atomic E-state index is 12.0. The molecule has 7 heteroatoms. The van der Waals surface area contributed by atoms with Crippen LogP contribution in [0.5, 0.6) is 0 Å². The molecule has 1 N–H and O–H groups in total. The Kier molecular flexibility index (Phi) is 4.81. The molecule has 1 heterocycles. The van der Waals surface area contributed by atoms with Gasteiger partial charge in [-0.25, -0.2) is 4.79 Å². The van der Waals surface area contributed by atoms with Crippen molar-refractivity contribution in [2.45, 2.75) is 0 Å². The molecular weight excluding hydrogens is 346 g/mol. The van der Waals surface area contributed by atoms with Gasteiger partial charge in [0.1, 0.15) is 5.58 Å². The number of rotatable bonds is 4. The summed E-state index contributed by atoms with van der Waals surface area (Å²) in [5.41, 5.74) is 0.426. The van der Waals surface area contributed by atoms with Crippen molar-refractivity contribution in [1.82, 2.24) is 0 Å². The lowest BCUT2D eigenvalue weighted by Crippen LogP contribution is -2.21. The van der Waals surface area contributed by atoms with Gasteiger partial charge >= 0.3 is 5.97 Å². The zero-order valence-electron chi connectivity index (χ0n) is 12.8. The Morgan fingerprint density at radius 2 is 1.80 bits per heavy atom. The highest BCUT2D eigenvalue weighted by atomic mass is 35.5. The van der Waals surface area contributed by atoms with Gasteiger partial charge in [0.15, 0.2) is 12.0 Å². The lowest BCUT2D eigenvalue weighted by molar-refractivity contribution is -0.119. The number of hydrogen-bond donors (Lipinski definition) is 1. The third-order valence-corrected chi connectivity index (χ3v) is 3.55. The van der Waals surface area contributed by atoms with Crippen LogP contribution in [0.2, 0.25) is 5.02 Å². The minimum Gasteiger partial charge on any atom is -0.450 e. The number of esters is 1. The van der Waals surface area contributed by atoms with Gasteiger partial charge in [-0.15, -0.1) is 0 Å². The van der Waals surface area contributed by atoms with E-state index in [-0.39, 0.29) is 16.8 Å². The molecule has 1 amide bonds. The number of fused-ring (bicyclic) bond motifs is 1. The van der Waals surface area contributed by atoms with Crippen LogP contribution in [-0.2, 0) is 9.53 Å². The predicted octanol–water partition coefficient (Wildman–Crippen LogP) is 3.24. The molecule has 1 aromatic heterocycles. The van der Waals surface area contributed by atoms with Crippen molar-refractivity contribution in [1.29, 1.82) is 0 Å². The van der Waals surface area contributed by atoms with Gasteiger partial charge in [-0.2, -0.15) is 0 Å². The van der Waals surface area contributed by atoms with Crippen molar-refractivity contribution in [2.75, 3.05) is 11.9 Å². The standard InChI is InChI=1S/C18H12ClNO5/c19-11-5-7-12(8-6-11)20-17(22)10-24-18(23)16-9-14(21)13-3-1-2-4-15(13)25-16/h1-9H,10H2,(H,20,22). The van der Waals surface area contributed by atoms with Gasteiger partial charge in [0, 0.05) is 16.8 Å². The summed E-state index contributed by atoms with van der Waals surface area (Å²) in [6.07, 6.45) is 0. The van der Waals surface area contributed by atoms with Gasteiger partial charge in [0.2, 0.25) is 5.76 Å². The third-order valence-electron chi connectivity index (χ3n) is 3.30. The molecule has 6 nitrogen and oxygen atoms in total. The maximum absolute atomic E-state index is 12.0. The van der Waals surface area contributed by atoms with E-state index in [1.807, 2.05) is 0 Å². The van der Waals surface area contributed by atoms with Crippen LogP contribution in [-0.4, -0.2) is 18.5 Å². The van der Waals surface area contributed by atoms with Crippen LogP contribution in [0.15, 0.2) is 63.8 Å². The molecule has 0 fully saturated rings. The van der Waals surface area contributed by atoms with Crippen LogP contribution in [0.4, 0.5) is 5.69 Å². The molecule has 0 saturated carbocycles. The molecule has 0 saturated heterocycles. The molecule has 2 aromatic carbocycles. The summed E-state index contributed by atoms with van der Waals surface area (Å²) in [6, 6.07) is 14.0. The quantitative estimate of drug-likeness (QED) is 0.724. The van der Waals surface area contributed by atoms with Crippen LogP contribution < -0.4 is 10.7 Å². The first-order valence-electron chi connectivity index (χ1n) is 7.28. The molecule has 0 aliphatic heterocycles. The number of carbonyl (C=O) groups is 2. The fourth-order valence-corrected chi connectivity index (χ4v) is 2.26. The van der Waals surface area contributed by atoms with Gasteiger partial charge in [-0.3, -0.25) is 9.59 Å². The van der Waals surface area contributed by atoms with Crippen LogP contribution in [0.3, 0.4) is 0 Å². The smallest absolute Gasteiger partial charge is 0.374 e. The lowest BCUT2D eigenvalue weighted by atomic mass is 10.2. The van der Waals surface area contributed by atoms with Gasteiger partial charge in [-0.05, 0) is 36.4 Å². The highest BCUT2D eigenvalue weighted by molar-refractivity contribution is 6.30. The number of para-hydroxylation sites is 1. The highest BCUT2D eigenvalue weighted by Gasteiger charge is 2.15. The normalized spacial score (nSPS) is 10.4. The van der Waals surface area contributed by atoms with Gasteiger partial charge < -0.3 is 14.5 Å². The fourth-order valence-electron chi connectivity index (χ4n) is 2.14. The van der Waals surface area contributed by atoms with E-state index >= 15 is 0 Å². The zero-order chi connectivity index (χ0) is 17.8. The van der Waals surface area contributed by atoms with E-state index in [0.717, 1.165) is 6.07 Å². The first-order chi connectivity index (χ1) is 12.0. The molecule has 0 aliphatic rings. The molecule has 25 heavy (non-hydrogen) atoms. The first kappa shape index (κ1) is 16.7. The number of anilines is 1. The number of amides is 1. The van der Waals surface area contributed by atoms with Crippen LogP contribution in [0.25, 0.3) is 11.0 Å². The summed E-state index contributed by atoms with van der Waals surface area (Å²) >= 11 is 5.75. The predicted molar refractivity (Wildman–Crippen MR) is 92.8 cm³/mol. The average Bonchev–Trinajstić information content (AvgIpc) is 2.61. The van der Waals surface area contributed by atoms with Crippen LogP contribution >= 0.6 is 11.6 Å². The SMILES string of the molecule is O=C(COC(=O)c1cc(=O)c2ccccc2o1)Nc1ccc(Cl)cc1. The van der Waals surface area contributed by atoms with Crippen molar-refractivity contribution < 1.29 is 18.7 Å². The van der Waals surface area contributed by atoms with E-state index < -0.39 is 18.5 Å². The number of carbonyl (C=O) groups excluding carboxylic acids is 2. The summed E-state index contributed by atoms with van der Waals surface area (Å²) in [5.74, 6) is -1.68. The Morgan fingerprint density at radius 1 is 1.08 bits per heavy atom. The van der Waals surface area contributed by atoms with Crippen molar-refractivity contribution in [3.8, 4) is 0 Å². The molecule has 0 bridgehead atoms. The Morgan fingerprint density at radius 3 is 2.56 bits per heavy atom. The minimum absolute atomic E-state index is 0.261. The molecule has 0 unspecified atom stereocenters. The Hall–Kier alpha value is -3.12. The number of halogens is 1. The molecule has 0 radical (unpaired) electrons. The molecular formula is C18H12ClNO5. The largest absolute Gasteiger partial charge is 0.450 e. The molecule has 0 spiro atoms. The highest BCUT2D eigenvalue weighted by Crippen LogP contribution is 2.14. The van der Waals surface area contributed by atoms with E-state index in [2.05, 4.69) is 5.32 Å². The summed E-state index contributed by atoms with van der Waals surface area (Å²) in [4.78, 5) is 35.7. The van der Waals surface area contributed by atoms with Gasteiger partial charge in [0.05, 0.1) is 5.39 Å². The van der Waals surface area contributed by atoms with E-state index in [4.69, 9.17) is 20.8 Å². The van der Waals surface area contributed by atoms with Crippen LogP contribution in [0, 0.1) is 0 Å². The Balaban J connectivity index is 1.65. The molecule has 0 aliphatic carbocycles. The summed E-state index contributed by atoms with van der Waals surface area (Å²) in [5, 5.41) is 3.45. The van der Waals surface area contributed by atoms with Crippen LogP contribution in [0.1, 0.15) is 10.6 Å². The van der Waals surface area contributed by atoms with E-state index in [1.54, 1.807) is 48.5 Å². The van der Waals surface area contributed by atoms with Crippen molar-refractivity contribution in [3.63, 3.8) is 0 Å². The number of benzene rings is 2. The second kappa shape index (κ2) is 7.19. The molecule has 0 atom stereocenters. The molecule has 126 valence electrons.